The van der Waals surface area contributed by atoms with Crippen LogP contribution in [0.5, 0.6) is 0 Å². The van der Waals surface area contributed by atoms with Crippen LogP contribution in [-0.2, 0) is 20.1 Å². The number of aromatic nitrogens is 3. The summed E-state index contributed by atoms with van der Waals surface area (Å²) in [6.45, 7) is 4.10. The van der Waals surface area contributed by atoms with Gasteiger partial charge in [0.15, 0.2) is 0 Å². The van der Waals surface area contributed by atoms with E-state index in [2.05, 4.69) is 70.5 Å². The Labute approximate surface area is 219 Å². The Balaban J connectivity index is 0.000000171. The molecule has 0 amide bonds. The summed E-state index contributed by atoms with van der Waals surface area (Å²) in [4.78, 5) is 13.0. The van der Waals surface area contributed by atoms with E-state index in [0.29, 0.717) is 14.5 Å². The molecule has 6 rings (SSSR count). The summed E-state index contributed by atoms with van der Waals surface area (Å²) >= 11 is 0.380. The second-order valence-electron chi connectivity index (χ2n) is 7.78. The fourth-order valence-electron chi connectivity index (χ4n) is 3.63. The van der Waals surface area contributed by atoms with Gasteiger partial charge in [-0.3, -0.25) is 0 Å². The van der Waals surface area contributed by atoms with Crippen LogP contribution in [-0.4, -0.2) is 29.5 Å². The third-order valence-corrected chi connectivity index (χ3v) is 7.74. The monoisotopic (exact) mass is 684 g/mol. The molecule has 0 aliphatic heterocycles. The molecule has 0 bridgehead atoms. The van der Waals surface area contributed by atoms with Crippen molar-refractivity contribution in [1.29, 1.82) is 0 Å². The smallest absolute Gasteiger partial charge is 0 e. The van der Waals surface area contributed by atoms with Crippen molar-refractivity contribution >= 4 is 33.8 Å². The normalized spacial score (nSPS) is 10.4. The van der Waals surface area contributed by atoms with Crippen molar-refractivity contribution in [1.82, 2.24) is 15.0 Å². The predicted molar refractivity (Wildman–Crippen MR) is 136 cm³/mol. The van der Waals surface area contributed by atoms with Gasteiger partial charge in [0, 0.05) is 26.3 Å². The molecule has 0 saturated heterocycles. The minimum Gasteiger partial charge on any atom is 0 e. The zero-order valence-electron chi connectivity index (χ0n) is 18.7. The number of rotatable bonds is 2. The maximum Gasteiger partial charge on any atom is 0 e. The summed E-state index contributed by atoms with van der Waals surface area (Å²) in [5, 5.41) is 2.68. The van der Waals surface area contributed by atoms with Crippen molar-refractivity contribution in [3.8, 4) is 22.5 Å². The Hall–Kier alpha value is -2.94. The van der Waals surface area contributed by atoms with E-state index < -0.39 is 0 Å². The minimum atomic E-state index is 0. The molecule has 0 saturated carbocycles. The van der Waals surface area contributed by atoms with Gasteiger partial charge < -0.3 is 4.98 Å². The molecule has 0 unspecified atom stereocenters. The minimum absolute atomic E-state index is 0. The van der Waals surface area contributed by atoms with Gasteiger partial charge >= 0.3 is 122 Å². The summed E-state index contributed by atoms with van der Waals surface area (Å²) in [6.07, 6.45) is 8.72. The van der Waals surface area contributed by atoms with E-state index >= 15 is 0 Å². The first-order chi connectivity index (χ1) is 16.2. The first-order valence-electron chi connectivity index (χ1n) is 10.7. The van der Waals surface area contributed by atoms with Crippen molar-refractivity contribution in [3.05, 3.63) is 115 Å². The van der Waals surface area contributed by atoms with E-state index in [0.717, 1.165) is 28.1 Å². The second kappa shape index (κ2) is 11.0. The van der Waals surface area contributed by atoms with E-state index in [1.807, 2.05) is 55.7 Å². The van der Waals surface area contributed by atoms with Crippen molar-refractivity contribution < 1.29 is 20.1 Å². The van der Waals surface area contributed by atoms with Gasteiger partial charge in [-0.1, -0.05) is 12.1 Å². The molecule has 1 radical (unpaired) electrons. The number of aryl methyl sites for hydroxylation is 2. The maximum absolute atomic E-state index is 4.61. The van der Waals surface area contributed by atoms with Crippen LogP contribution in [0.1, 0.15) is 11.1 Å². The molecule has 4 heterocycles. The molecule has 0 spiro atoms. The summed E-state index contributed by atoms with van der Waals surface area (Å²) in [5.74, 6) is 0. The number of hydrogen-bond acceptors (Lipinski definition) is 3. The number of benzene rings is 2. The maximum atomic E-state index is 4.61. The van der Waals surface area contributed by atoms with Crippen molar-refractivity contribution in [3.63, 3.8) is 0 Å². The van der Waals surface area contributed by atoms with Gasteiger partial charge in [-0.05, 0) is 18.2 Å². The molecule has 0 aliphatic rings. The molecule has 0 aliphatic carbocycles. The Kier molecular flexibility index (Phi) is 7.82. The van der Waals surface area contributed by atoms with Gasteiger partial charge in [0.2, 0.25) is 0 Å². The molecule has 0 fully saturated rings. The molecule has 34 heavy (non-hydrogen) atoms. The van der Waals surface area contributed by atoms with Crippen molar-refractivity contribution in [2.24, 2.45) is 0 Å². The van der Waals surface area contributed by atoms with E-state index in [1.165, 1.54) is 24.9 Å². The predicted octanol–water partition coefficient (Wildman–Crippen LogP) is 6.47. The SMILES string of the molecule is Cc1ccc(-c2[c-]cccc2)nc1.Cc1ccn[c-]c1-c1cc2c(cn1)[se]c1ccccc12.[Ir]. The topological polar surface area (TPSA) is 38.7 Å². The average molecular weight is 683 g/mol. The summed E-state index contributed by atoms with van der Waals surface area (Å²) in [6, 6.07) is 27.9. The summed E-state index contributed by atoms with van der Waals surface area (Å²) in [5.41, 5.74) is 6.31. The Bertz CT molecular complexity index is 1530. The molecule has 2 aromatic carbocycles. The first kappa shape index (κ1) is 24.2. The van der Waals surface area contributed by atoms with Crippen LogP contribution in [0.3, 0.4) is 0 Å². The molecule has 0 N–H and O–H groups in total. The first-order valence-corrected chi connectivity index (χ1v) is 12.4. The third-order valence-electron chi connectivity index (χ3n) is 5.39. The number of fused-ring (bicyclic) bond motifs is 3. The van der Waals surface area contributed by atoms with Crippen LogP contribution >= 0.6 is 0 Å². The van der Waals surface area contributed by atoms with E-state index in [1.54, 1.807) is 6.20 Å². The van der Waals surface area contributed by atoms with E-state index in [9.17, 15) is 0 Å². The van der Waals surface area contributed by atoms with E-state index in [4.69, 9.17) is 0 Å². The zero-order valence-corrected chi connectivity index (χ0v) is 22.9. The molecule has 4 aromatic heterocycles. The third kappa shape index (κ3) is 5.24. The molecule has 169 valence electrons. The van der Waals surface area contributed by atoms with Crippen LogP contribution in [0.2, 0.25) is 0 Å². The van der Waals surface area contributed by atoms with Gasteiger partial charge in [-0.2, -0.15) is 0 Å². The van der Waals surface area contributed by atoms with Crippen molar-refractivity contribution in [2.75, 3.05) is 0 Å². The average Bonchev–Trinajstić information content (AvgIpc) is 3.24. The Morgan fingerprint density at radius 1 is 0.765 bits per heavy atom. The van der Waals surface area contributed by atoms with Crippen LogP contribution < -0.4 is 0 Å². The van der Waals surface area contributed by atoms with Gasteiger partial charge in [0.25, 0.3) is 0 Å². The molecule has 6 aromatic rings. The number of pyridine rings is 3. The van der Waals surface area contributed by atoms with Gasteiger partial charge in [0.05, 0.1) is 0 Å². The fraction of sp³-hybridized carbons (Fsp3) is 0.0690. The van der Waals surface area contributed by atoms with Crippen LogP contribution in [0, 0.1) is 26.1 Å². The molecule has 0 atom stereocenters. The van der Waals surface area contributed by atoms with E-state index in [-0.39, 0.29) is 20.1 Å². The van der Waals surface area contributed by atoms with Crippen molar-refractivity contribution in [2.45, 2.75) is 13.8 Å². The Morgan fingerprint density at radius 3 is 2.35 bits per heavy atom. The molecular weight excluding hydrogens is 662 g/mol. The standard InChI is InChI=1S/C17H11N2Se.C12H10N.Ir/c1-11-6-7-18-9-14(11)15-8-13-12-4-2-3-5-16(12)20-17(13)10-19-15;1-10-7-8-12(13-9-10)11-5-3-2-4-6-11;/h2-8,10H,1H3;2-5,7-9H,1H3;/q2*-1;. The zero-order chi connectivity index (χ0) is 22.6. The van der Waals surface area contributed by atoms with Crippen LogP contribution in [0.25, 0.3) is 41.8 Å². The number of nitrogens with zero attached hydrogens (tertiary/aromatic N) is 3. The molecular formula is C29H21IrN3Se-2. The second-order valence-corrected chi connectivity index (χ2v) is 10.0. The summed E-state index contributed by atoms with van der Waals surface area (Å²) in [7, 11) is 0. The van der Waals surface area contributed by atoms with Gasteiger partial charge in [-0.15, -0.1) is 35.9 Å². The summed E-state index contributed by atoms with van der Waals surface area (Å²) < 4.78 is 2.81. The molecule has 5 heteroatoms. The fourth-order valence-corrected chi connectivity index (χ4v) is 5.84. The Morgan fingerprint density at radius 2 is 1.59 bits per heavy atom. The van der Waals surface area contributed by atoms with Gasteiger partial charge in [0.1, 0.15) is 0 Å². The van der Waals surface area contributed by atoms with Crippen LogP contribution in [0.15, 0.2) is 91.4 Å². The quantitative estimate of drug-likeness (QED) is 0.155. The number of hydrogen-bond donors (Lipinski definition) is 0. The van der Waals surface area contributed by atoms with Crippen LogP contribution in [0.4, 0.5) is 0 Å². The largest absolute Gasteiger partial charge is 0 e. The van der Waals surface area contributed by atoms with Gasteiger partial charge in [-0.25, -0.2) is 0 Å². The molecule has 3 nitrogen and oxygen atoms in total.